The molecule has 0 aliphatic rings. The van der Waals surface area contributed by atoms with Crippen LogP contribution in [-0.2, 0) is 11.3 Å². The second-order valence-electron chi connectivity index (χ2n) is 4.97. The Bertz CT molecular complexity index is 549. The third-order valence-corrected chi connectivity index (χ3v) is 2.83. The lowest BCUT2D eigenvalue weighted by Gasteiger charge is -2.08. The number of halogens is 1. The Labute approximate surface area is 122 Å². The standard InChI is InChI=1S/C13H18ClN5O/c1-9(2)8-20-4-3-19-13(16-17-18-19)10-5-11(14)7-12(15)6-10/h5-7,9H,3-4,8,15H2,1-2H3. The number of ether oxygens (including phenoxy) is 1. The summed E-state index contributed by atoms with van der Waals surface area (Å²) in [6, 6.07) is 5.27. The maximum Gasteiger partial charge on any atom is 0.182 e. The van der Waals surface area contributed by atoms with E-state index >= 15 is 0 Å². The first-order valence-electron chi connectivity index (χ1n) is 6.46. The topological polar surface area (TPSA) is 78.8 Å². The van der Waals surface area contributed by atoms with Gasteiger partial charge in [0.25, 0.3) is 0 Å². The summed E-state index contributed by atoms with van der Waals surface area (Å²) in [5, 5.41) is 12.2. The first-order chi connectivity index (χ1) is 9.56. The van der Waals surface area contributed by atoms with E-state index in [9.17, 15) is 0 Å². The molecule has 1 heterocycles. The molecule has 0 aliphatic heterocycles. The van der Waals surface area contributed by atoms with Crippen molar-refractivity contribution in [2.45, 2.75) is 20.4 Å². The van der Waals surface area contributed by atoms with E-state index in [1.807, 2.05) is 0 Å². The molecular formula is C13H18ClN5O. The van der Waals surface area contributed by atoms with Crippen LogP contribution in [0.25, 0.3) is 11.4 Å². The highest BCUT2D eigenvalue weighted by Crippen LogP contribution is 2.23. The minimum absolute atomic E-state index is 0.510. The van der Waals surface area contributed by atoms with Gasteiger partial charge in [0.2, 0.25) is 0 Å². The summed E-state index contributed by atoms with van der Waals surface area (Å²) in [4.78, 5) is 0. The van der Waals surface area contributed by atoms with E-state index in [-0.39, 0.29) is 0 Å². The van der Waals surface area contributed by atoms with Crippen LogP contribution < -0.4 is 5.73 Å². The molecule has 20 heavy (non-hydrogen) atoms. The zero-order valence-corrected chi connectivity index (χ0v) is 12.3. The van der Waals surface area contributed by atoms with E-state index in [1.165, 1.54) is 0 Å². The molecule has 0 spiro atoms. The van der Waals surface area contributed by atoms with Gasteiger partial charge in [-0.05, 0) is 34.5 Å². The molecule has 2 N–H and O–H groups in total. The third-order valence-electron chi connectivity index (χ3n) is 2.61. The third kappa shape index (κ3) is 3.91. The number of hydrogen-bond acceptors (Lipinski definition) is 5. The van der Waals surface area contributed by atoms with Crippen LogP contribution in [0, 0.1) is 5.92 Å². The fourth-order valence-electron chi connectivity index (χ4n) is 1.77. The number of rotatable bonds is 6. The summed E-state index contributed by atoms with van der Waals surface area (Å²) in [5.74, 6) is 1.14. The van der Waals surface area contributed by atoms with E-state index < -0.39 is 0 Å². The molecule has 7 heteroatoms. The second kappa shape index (κ2) is 6.67. The van der Waals surface area contributed by atoms with E-state index in [1.54, 1.807) is 22.9 Å². The number of anilines is 1. The maximum absolute atomic E-state index is 6.00. The van der Waals surface area contributed by atoms with Gasteiger partial charge in [0.1, 0.15) is 0 Å². The molecule has 0 atom stereocenters. The van der Waals surface area contributed by atoms with Crippen molar-refractivity contribution in [3.63, 3.8) is 0 Å². The molecule has 1 aromatic heterocycles. The van der Waals surface area contributed by atoms with Gasteiger partial charge < -0.3 is 10.5 Å². The Morgan fingerprint density at radius 3 is 2.85 bits per heavy atom. The molecule has 0 saturated heterocycles. The molecule has 0 radical (unpaired) electrons. The SMILES string of the molecule is CC(C)COCCn1nnnc1-c1cc(N)cc(Cl)c1. The van der Waals surface area contributed by atoms with Crippen molar-refractivity contribution in [3.05, 3.63) is 23.2 Å². The number of nitrogens with two attached hydrogens (primary N) is 1. The lowest BCUT2D eigenvalue weighted by atomic mass is 10.2. The van der Waals surface area contributed by atoms with Gasteiger partial charge >= 0.3 is 0 Å². The van der Waals surface area contributed by atoms with Gasteiger partial charge in [-0.25, -0.2) is 4.68 Å². The lowest BCUT2D eigenvalue weighted by molar-refractivity contribution is 0.101. The Kier molecular flexibility index (Phi) is 4.92. The predicted octanol–water partition coefficient (Wildman–Crippen LogP) is 2.25. The molecule has 0 fully saturated rings. The Morgan fingerprint density at radius 2 is 2.15 bits per heavy atom. The number of tetrazole rings is 1. The average Bonchev–Trinajstić information content (AvgIpc) is 2.81. The van der Waals surface area contributed by atoms with Crippen molar-refractivity contribution in [1.82, 2.24) is 20.2 Å². The first-order valence-corrected chi connectivity index (χ1v) is 6.84. The smallest absolute Gasteiger partial charge is 0.182 e. The van der Waals surface area contributed by atoms with Gasteiger partial charge in [-0.15, -0.1) is 5.10 Å². The van der Waals surface area contributed by atoms with E-state index in [0.717, 1.165) is 12.2 Å². The number of nitrogens with zero attached hydrogens (tertiary/aromatic N) is 4. The summed E-state index contributed by atoms with van der Waals surface area (Å²) >= 11 is 6.00. The van der Waals surface area contributed by atoms with Crippen LogP contribution in [0.15, 0.2) is 18.2 Å². The molecule has 2 aromatic rings. The van der Waals surface area contributed by atoms with Crippen molar-refractivity contribution < 1.29 is 4.74 Å². The number of nitrogen functional groups attached to an aromatic ring is 1. The molecule has 108 valence electrons. The van der Waals surface area contributed by atoms with Crippen molar-refractivity contribution in [1.29, 1.82) is 0 Å². The minimum Gasteiger partial charge on any atom is -0.399 e. The van der Waals surface area contributed by atoms with Gasteiger partial charge in [0.05, 0.1) is 13.2 Å². The predicted molar refractivity (Wildman–Crippen MR) is 78.3 cm³/mol. The van der Waals surface area contributed by atoms with Gasteiger partial charge in [-0.2, -0.15) is 0 Å². The van der Waals surface area contributed by atoms with E-state index in [4.69, 9.17) is 22.1 Å². The molecule has 6 nitrogen and oxygen atoms in total. The largest absolute Gasteiger partial charge is 0.399 e. The van der Waals surface area contributed by atoms with Gasteiger partial charge in [0, 0.05) is 22.9 Å². The summed E-state index contributed by atoms with van der Waals surface area (Å²) in [6.45, 7) is 6.09. The monoisotopic (exact) mass is 295 g/mol. The van der Waals surface area contributed by atoms with Gasteiger partial charge in [-0.1, -0.05) is 25.4 Å². The van der Waals surface area contributed by atoms with Crippen LogP contribution in [-0.4, -0.2) is 33.4 Å². The Balaban J connectivity index is 2.08. The van der Waals surface area contributed by atoms with E-state index in [0.29, 0.717) is 35.6 Å². The molecule has 0 amide bonds. The normalized spacial score (nSPS) is 11.2. The van der Waals surface area contributed by atoms with Crippen LogP contribution in [0.2, 0.25) is 5.02 Å². The van der Waals surface area contributed by atoms with Gasteiger partial charge in [0.15, 0.2) is 5.82 Å². The minimum atomic E-state index is 0.510. The molecule has 1 aromatic carbocycles. The average molecular weight is 296 g/mol. The summed E-state index contributed by atoms with van der Waals surface area (Å²) in [6.07, 6.45) is 0. The highest BCUT2D eigenvalue weighted by Gasteiger charge is 2.10. The van der Waals surface area contributed by atoms with Crippen molar-refractivity contribution in [3.8, 4) is 11.4 Å². The summed E-state index contributed by atoms with van der Waals surface area (Å²) in [7, 11) is 0. The highest BCUT2D eigenvalue weighted by molar-refractivity contribution is 6.31. The molecule has 2 rings (SSSR count). The maximum atomic E-state index is 6.00. The van der Waals surface area contributed by atoms with Gasteiger partial charge in [-0.3, -0.25) is 0 Å². The fourth-order valence-corrected chi connectivity index (χ4v) is 2.02. The number of benzene rings is 1. The Hall–Kier alpha value is -1.66. The number of aromatic nitrogens is 4. The first kappa shape index (κ1) is 14.7. The highest BCUT2D eigenvalue weighted by atomic mass is 35.5. The molecular weight excluding hydrogens is 278 g/mol. The van der Waals surface area contributed by atoms with E-state index in [2.05, 4.69) is 29.4 Å². The van der Waals surface area contributed by atoms with Crippen LogP contribution in [0.1, 0.15) is 13.8 Å². The van der Waals surface area contributed by atoms with Crippen molar-refractivity contribution in [2.75, 3.05) is 18.9 Å². The van der Waals surface area contributed by atoms with Crippen LogP contribution >= 0.6 is 11.6 Å². The zero-order chi connectivity index (χ0) is 14.5. The molecule has 0 saturated carbocycles. The quantitative estimate of drug-likeness (QED) is 0.653. The zero-order valence-electron chi connectivity index (χ0n) is 11.6. The lowest BCUT2D eigenvalue weighted by Crippen LogP contribution is -2.11. The molecule has 0 bridgehead atoms. The molecule has 0 aliphatic carbocycles. The van der Waals surface area contributed by atoms with Crippen molar-refractivity contribution in [2.24, 2.45) is 5.92 Å². The number of hydrogen-bond donors (Lipinski definition) is 1. The van der Waals surface area contributed by atoms with Crippen LogP contribution in [0.4, 0.5) is 5.69 Å². The molecule has 0 unspecified atom stereocenters. The summed E-state index contributed by atoms with van der Waals surface area (Å²) in [5.41, 5.74) is 7.16. The Morgan fingerprint density at radius 1 is 1.35 bits per heavy atom. The second-order valence-corrected chi connectivity index (χ2v) is 5.40. The van der Waals surface area contributed by atoms with Crippen LogP contribution in [0.5, 0.6) is 0 Å². The van der Waals surface area contributed by atoms with Crippen molar-refractivity contribution >= 4 is 17.3 Å². The fraction of sp³-hybridized carbons (Fsp3) is 0.462. The summed E-state index contributed by atoms with van der Waals surface area (Å²) < 4.78 is 7.23. The van der Waals surface area contributed by atoms with Crippen LogP contribution in [0.3, 0.4) is 0 Å².